The third kappa shape index (κ3) is 8.62. The van der Waals surface area contributed by atoms with E-state index in [0.717, 1.165) is 58.7 Å². The maximum atomic E-state index is 14.7. The summed E-state index contributed by atoms with van der Waals surface area (Å²) in [5, 5.41) is 3.63. The lowest BCUT2D eigenvalue weighted by Gasteiger charge is -2.35. The van der Waals surface area contributed by atoms with Crippen molar-refractivity contribution < 1.29 is 18.0 Å². The standard InChI is InChI=1S/C38H42ClN3O4S/c1-28-14-12-13-17-31(28)26-41(36(24-30-15-6-3-7-16-30)38(44)40-32-18-8-4-9-19-32)37(43)27-42(33-23-22-29(2)35(39)25-33)47(45,46)34-20-10-5-11-21-34/h3,5-7,10-17,20-23,25,32,36H,4,8-9,18-19,24,26-27H2,1-2H3,(H,40,44)/t36-/m0/s1. The summed E-state index contributed by atoms with van der Waals surface area (Å²) >= 11 is 6.48. The van der Waals surface area contributed by atoms with E-state index in [1.54, 1.807) is 41.3 Å². The fourth-order valence-corrected chi connectivity index (χ4v) is 7.66. The highest BCUT2D eigenvalue weighted by atomic mass is 35.5. The summed E-state index contributed by atoms with van der Waals surface area (Å²) in [4.78, 5) is 30.5. The molecule has 0 aliphatic heterocycles. The fraction of sp³-hybridized carbons (Fsp3) is 0.316. The number of benzene rings is 4. The van der Waals surface area contributed by atoms with Gasteiger partial charge in [-0.1, -0.05) is 110 Å². The Kier molecular flexibility index (Phi) is 11.4. The quantitative estimate of drug-likeness (QED) is 0.172. The number of aryl methyl sites for hydroxylation is 2. The Morgan fingerprint density at radius 1 is 0.830 bits per heavy atom. The number of nitrogens with zero attached hydrogens (tertiary/aromatic N) is 2. The van der Waals surface area contributed by atoms with Crippen molar-refractivity contribution in [2.75, 3.05) is 10.8 Å². The zero-order chi connectivity index (χ0) is 33.4. The average molecular weight is 672 g/mol. The Morgan fingerprint density at radius 3 is 2.13 bits per heavy atom. The number of carbonyl (C=O) groups excluding carboxylic acids is 2. The number of carbonyl (C=O) groups is 2. The van der Waals surface area contributed by atoms with Crippen LogP contribution in [0.3, 0.4) is 0 Å². The van der Waals surface area contributed by atoms with E-state index in [4.69, 9.17) is 11.6 Å². The largest absolute Gasteiger partial charge is 0.352 e. The summed E-state index contributed by atoms with van der Waals surface area (Å²) in [7, 11) is -4.19. The number of rotatable bonds is 12. The maximum absolute atomic E-state index is 14.7. The molecule has 47 heavy (non-hydrogen) atoms. The van der Waals surface area contributed by atoms with Crippen LogP contribution in [0.1, 0.15) is 54.4 Å². The smallest absolute Gasteiger partial charge is 0.264 e. The molecular formula is C38H42ClN3O4S. The van der Waals surface area contributed by atoms with Gasteiger partial charge in [0.1, 0.15) is 12.6 Å². The molecule has 0 spiro atoms. The molecule has 1 aliphatic rings. The van der Waals surface area contributed by atoms with Gasteiger partial charge >= 0.3 is 0 Å². The van der Waals surface area contributed by atoms with Gasteiger partial charge in [0.15, 0.2) is 0 Å². The minimum Gasteiger partial charge on any atom is -0.352 e. The molecule has 1 saturated carbocycles. The lowest BCUT2D eigenvalue weighted by atomic mass is 9.94. The molecule has 0 saturated heterocycles. The van der Waals surface area contributed by atoms with Crippen LogP contribution in [0, 0.1) is 13.8 Å². The molecule has 4 aromatic carbocycles. The molecule has 0 unspecified atom stereocenters. The van der Waals surface area contributed by atoms with E-state index in [9.17, 15) is 18.0 Å². The molecule has 246 valence electrons. The summed E-state index contributed by atoms with van der Waals surface area (Å²) in [6.07, 6.45) is 5.31. The van der Waals surface area contributed by atoms with Crippen molar-refractivity contribution in [2.45, 2.75) is 75.9 Å². The second kappa shape index (κ2) is 15.6. The predicted molar refractivity (Wildman–Crippen MR) is 188 cm³/mol. The van der Waals surface area contributed by atoms with Gasteiger partial charge in [0, 0.05) is 24.0 Å². The molecule has 5 rings (SSSR count). The molecule has 0 heterocycles. The van der Waals surface area contributed by atoms with Gasteiger partial charge in [0.2, 0.25) is 11.8 Å². The van der Waals surface area contributed by atoms with Crippen LogP contribution in [-0.2, 0) is 32.6 Å². The first-order chi connectivity index (χ1) is 22.6. The van der Waals surface area contributed by atoms with Crippen LogP contribution in [0.25, 0.3) is 0 Å². The van der Waals surface area contributed by atoms with Crippen molar-refractivity contribution in [3.8, 4) is 0 Å². The molecule has 9 heteroatoms. The van der Waals surface area contributed by atoms with Gasteiger partial charge in [0.25, 0.3) is 10.0 Å². The highest BCUT2D eigenvalue weighted by Gasteiger charge is 2.35. The van der Waals surface area contributed by atoms with Crippen LogP contribution in [0.4, 0.5) is 5.69 Å². The normalized spacial score (nSPS) is 14.3. The van der Waals surface area contributed by atoms with E-state index in [1.165, 1.54) is 12.1 Å². The van der Waals surface area contributed by atoms with Crippen LogP contribution in [0.5, 0.6) is 0 Å². The maximum Gasteiger partial charge on any atom is 0.264 e. The molecule has 0 bridgehead atoms. The van der Waals surface area contributed by atoms with Gasteiger partial charge in [-0.25, -0.2) is 8.42 Å². The lowest BCUT2D eigenvalue weighted by Crippen LogP contribution is -2.55. The summed E-state index contributed by atoms with van der Waals surface area (Å²) in [5.74, 6) is -0.734. The van der Waals surface area contributed by atoms with Crippen LogP contribution >= 0.6 is 11.6 Å². The van der Waals surface area contributed by atoms with Crippen molar-refractivity contribution in [1.29, 1.82) is 0 Å². The highest BCUT2D eigenvalue weighted by Crippen LogP contribution is 2.29. The first kappa shape index (κ1) is 34.2. The van der Waals surface area contributed by atoms with Crippen molar-refractivity contribution >= 4 is 39.1 Å². The zero-order valence-corrected chi connectivity index (χ0v) is 28.5. The van der Waals surface area contributed by atoms with Gasteiger partial charge in [-0.05, 0) is 73.2 Å². The molecule has 1 aliphatic carbocycles. The Labute approximate surface area is 283 Å². The Bertz CT molecular complexity index is 1780. The molecule has 1 atom stereocenters. The third-order valence-corrected chi connectivity index (χ3v) is 11.1. The number of sulfonamides is 1. The van der Waals surface area contributed by atoms with Crippen LogP contribution < -0.4 is 9.62 Å². The second-order valence-electron chi connectivity index (χ2n) is 12.3. The van der Waals surface area contributed by atoms with E-state index in [-0.39, 0.29) is 35.5 Å². The van der Waals surface area contributed by atoms with E-state index in [0.29, 0.717) is 5.02 Å². The summed E-state index contributed by atoms with van der Waals surface area (Å²) in [6, 6.07) is 29.5. The molecular weight excluding hydrogens is 630 g/mol. The SMILES string of the molecule is Cc1ccc(N(CC(=O)N(Cc2ccccc2C)[C@@H](Cc2ccccc2)C(=O)NC2CCCCC2)S(=O)(=O)c2ccccc2)cc1Cl. The number of nitrogens with one attached hydrogen (secondary N) is 1. The average Bonchev–Trinajstić information content (AvgIpc) is 3.08. The minimum atomic E-state index is -4.19. The van der Waals surface area contributed by atoms with E-state index >= 15 is 0 Å². The molecule has 4 aromatic rings. The second-order valence-corrected chi connectivity index (χ2v) is 14.5. The molecule has 0 radical (unpaired) electrons. The molecule has 7 nitrogen and oxygen atoms in total. The van der Waals surface area contributed by atoms with E-state index in [1.807, 2.05) is 68.4 Å². The topological polar surface area (TPSA) is 86.8 Å². The minimum absolute atomic E-state index is 0.0367. The molecule has 1 N–H and O–H groups in total. The summed E-state index contributed by atoms with van der Waals surface area (Å²) in [6.45, 7) is 3.41. The molecule has 1 fully saturated rings. The Balaban J connectivity index is 1.58. The van der Waals surface area contributed by atoms with Gasteiger partial charge in [-0.15, -0.1) is 0 Å². The van der Waals surface area contributed by atoms with E-state index in [2.05, 4.69) is 5.32 Å². The third-order valence-electron chi connectivity index (χ3n) is 8.88. The fourth-order valence-electron chi connectivity index (χ4n) is 6.05. The van der Waals surface area contributed by atoms with Gasteiger partial charge in [0.05, 0.1) is 10.6 Å². The van der Waals surface area contributed by atoms with Crippen molar-refractivity contribution in [1.82, 2.24) is 10.2 Å². The lowest BCUT2D eigenvalue weighted by molar-refractivity contribution is -0.140. The zero-order valence-electron chi connectivity index (χ0n) is 26.9. The number of anilines is 1. The van der Waals surface area contributed by atoms with Gasteiger partial charge in [-0.2, -0.15) is 0 Å². The number of halogens is 1. The van der Waals surface area contributed by atoms with Gasteiger partial charge < -0.3 is 10.2 Å². The Hall–Kier alpha value is -4.14. The highest BCUT2D eigenvalue weighted by molar-refractivity contribution is 7.92. The number of hydrogen-bond donors (Lipinski definition) is 1. The Morgan fingerprint density at radius 2 is 1.47 bits per heavy atom. The van der Waals surface area contributed by atoms with Crippen LogP contribution in [0.2, 0.25) is 5.02 Å². The van der Waals surface area contributed by atoms with Gasteiger partial charge in [-0.3, -0.25) is 13.9 Å². The summed E-state index contributed by atoms with van der Waals surface area (Å²) in [5.41, 5.74) is 3.79. The van der Waals surface area contributed by atoms with Crippen molar-refractivity contribution in [2.24, 2.45) is 0 Å². The number of amides is 2. The van der Waals surface area contributed by atoms with Crippen molar-refractivity contribution in [3.05, 3.63) is 130 Å². The number of hydrogen-bond acceptors (Lipinski definition) is 4. The van der Waals surface area contributed by atoms with E-state index < -0.39 is 28.5 Å². The molecule has 0 aromatic heterocycles. The first-order valence-corrected chi connectivity index (χ1v) is 18.0. The monoisotopic (exact) mass is 671 g/mol. The van der Waals surface area contributed by atoms with Crippen LogP contribution in [0.15, 0.2) is 108 Å². The first-order valence-electron chi connectivity index (χ1n) is 16.2. The van der Waals surface area contributed by atoms with Crippen LogP contribution in [-0.4, -0.2) is 43.8 Å². The summed E-state index contributed by atoms with van der Waals surface area (Å²) < 4.78 is 29.5. The van der Waals surface area contributed by atoms with Crippen molar-refractivity contribution in [3.63, 3.8) is 0 Å². The molecule has 2 amide bonds. The predicted octanol–water partition coefficient (Wildman–Crippen LogP) is 7.24.